The van der Waals surface area contributed by atoms with E-state index in [1.807, 2.05) is 42.5 Å². The maximum absolute atomic E-state index is 12.1. The minimum atomic E-state index is -0.321. The first-order valence-corrected chi connectivity index (χ1v) is 11.4. The Morgan fingerprint density at radius 2 is 1.84 bits per heavy atom. The first kappa shape index (κ1) is 23.9. The van der Waals surface area contributed by atoms with E-state index in [-0.39, 0.29) is 12.0 Å². The van der Waals surface area contributed by atoms with E-state index in [2.05, 4.69) is 38.8 Å². The van der Waals surface area contributed by atoms with E-state index in [0.29, 0.717) is 12.2 Å². The van der Waals surface area contributed by atoms with Gasteiger partial charge in [0.05, 0.1) is 18.0 Å². The Labute approximate surface area is 191 Å². The number of pyridine rings is 1. The number of aromatic nitrogens is 1. The van der Waals surface area contributed by atoms with Crippen molar-refractivity contribution in [2.45, 2.75) is 20.0 Å². The highest BCUT2D eigenvalue weighted by Crippen LogP contribution is 2.16. The molecule has 0 bridgehead atoms. The van der Waals surface area contributed by atoms with Crippen molar-refractivity contribution in [3.05, 3.63) is 60.3 Å². The number of aliphatic hydroxyl groups is 1. The maximum Gasteiger partial charge on any atom is 0.248 e. The predicted molar refractivity (Wildman–Crippen MR) is 131 cm³/mol. The van der Waals surface area contributed by atoms with Gasteiger partial charge in [0.25, 0.3) is 0 Å². The van der Waals surface area contributed by atoms with Crippen LogP contribution in [0.25, 0.3) is 6.08 Å². The lowest BCUT2D eigenvalue weighted by Gasteiger charge is -2.36. The van der Waals surface area contributed by atoms with Gasteiger partial charge in [-0.1, -0.05) is 44.2 Å². The summed E-state index contributed by atoms with van der Waals surface area (Å²) in [5, 5.41) is 13.2. The van der Waals surface area contributed by atoms with E-state index >= 15 is 0 Å². The van der Waals surface area contributed by atoms with Crippen LogP contribution in [-0.2, 0) is 4.79 Å². The third-order valence-corrected chi connectivity index (χ3v) is 5.77. The van der Waals surface area contributed by atoms with Gasteiger partial charge in [0.15, 0.2) is 0 Å². The molecule has 1 saturated heterocycles. The highest BCUT2D eigenvalue weighted by Gasteiger charge is 2.21. The Balaban J connectivity index is 1.43. The van der Waals surface area contributed by atoms with Gasteiger partial charge in [-0.25, -0.2) is 4.98 Å². The van der Waals surface area contributed by atoms with Gasteiger partial charge < -0.3 is 20.2 Å². The van der Waals surface area contributed by atoms with Crippen molar-refractivity contribution in [2.75, 3.05) is 62.6 Å². The Morgan fingerprint density at radius 1 is 1.12 bits per heavy atom. The number of β-amino-alcohol motifs (C(OH)–C–C–N with tert-alkyl or cyclic N) is 1. The first-order valence-electron chi connectivity index (χ1n) is 11.4. The molecular formula is C25H35N5O2. The number of aliphatic hydroxyl groups excluding tert-OH is 1. The zero-order chi connectivity index (χ0) is 22.8. The van der Waals surface area contributed by atoms with Crippen molar-refractivity contribution in [3.8, 4) is 0 Å². The Hall–Kier alpha value is -2.74. The van der Waals surface area contributed by atoms with Crippen molar-refractivity contribution in [2.24, 2.45) is 0 Å². The SMILES string of the molecule is CCN(CC)C[C@H](O)CN1CCN(c2ccc(NC(=O)/C=C/c3ccccc3)cn2)CC1. The summed E-state index contributed by atoms with van der Waals surface area (Å²) in [6, 6.07) is 13.6. The molecule has 1 aromatic carbocycles. The van der Waals surface area contributed by atoms with Gasteiger partial charge >= 0.3 is 0 Å². The highest BCUT2D eigenvalue weighted by atomic mass is 16.3. The largest absolute Gasteiger partial charge is 0.390 e. The number of amides is 1. The number of carbonyl (C=O) groups excluding carboxylic acids is 1. The smallest absolute Gasteiger partial charge is 0.248 e. The minimum absolute atomic E-state index is 0.180. The number of hydrogen-bond acceptors (Lipinski definition) is 6. The standard InChI is InChI=1S/C25H35N5O2/c1-3-28(4-2)19-23(31)20-29-14-16-30(17-15-29)24-12-11-22(18-26-24)27-25(32)13-10-21-8-6-5-7-9-21/h5-13,18,23,31H,3-4,14-17,19-20H2,1-2H3,(H,27,32)/b13-10+/t23-/m0/s1. The van der Waals surface area contributed by atoms with E-state index < -0.39 is 0 Å². The lowest BCUT2D eigenvalue weighted by Crippen LogP contribution is -2.50. The zero-order valence-corrected chi connectivity index (χ0v) is 19.2. The van der Waals surface area contributed by atoms with Crippen molar-refractivity contribution < 1.29 is 9.90 Å². The summed E-state index contributed by atoms with van der Waals surface area (Å²) in [6.07, 6.45) is 4.69. The quantitative estimate of drug-likeness (QED) is 0.557. The van der Waals surface area contributed by atoms with Gasteiger partial charge in [-0.3, -0.25) is 9.69 Å². The number of benzene rings is 1. The molecule has 1 aliphatic heterocycles. The predicted octanol–water partition coefficient (Wildman–Crippen LogP) is 2.56. The number of nitrogens with one attached hydrogen (secondary N) is 1. The summed E-state index contributed by atoms with van der Waals surface area (Å²) in [5.41, 5.74) is 1.66. The molecule has 0 spiro atoms. The third kappa shape index (κ3) is 7.44. The van der Waals surface area contributed by atoms with Crippen LogP contribution in [0.5, 0.6) is 0 Å². The molecule has 2 N–H and O–H groups in total. The second-order valence-electron chi connectivity index (χ2n) is 8.07. The van der Waals surface area contributed by atoms with E-state index in [4.69, 9.17) is 0 Å². The third-order valence-electron chi connectivity index (χ3n) is 5.77. The molecule has 32 heavy (non-hydrogen) atoms. The fourth-order valence-corrected chi connectivity index (χ4v) is 3.86. The minimum Gasteiger partial charge on any atom is -0.390 e. The van der Waals surface area contributed by atoms with Crippen molar-refractivity contribution >= 4 is 23.5 Å². The van der Waals surface area contributed by atoms with E-state index in [0.717, 1.165) is 57.2 Å². The maximum atomic E-state index is 12.1. The van der Waals surface area contributed by atoms with Crippen LogP contribution in [0.2, 0.25) is 0 Å². The second kappa shape index (κ2) is 12.3. The molecule has 2 aromatic rings. The van der Waals surface area contributed by atoms with Gasteiger partial charge in [0, 0.05) is 45.3 Å². The van der Waals surface area contributed by atoms with Crippen molar-refractivity contribution in [1.29, 1.82) is 0 Å². The van der Waals surface area contributed by atoms with Crippen LogP contribution >= 0.6 is 0 Å². The zero-order valence-electron chi connectivity index (χ0n) is 19.2. The molecule has 0 unspecified atom stereocenters. The average molecular weight is 438 g/mol. The topological polar surface area (TPSA) is 71.9 Å². The number of rotatable bonds is 10. The van der Waals surface area contributed by atoms with E-state index in [9.17, 15) is 9.90 Å². The van der Waals surface area contributed by atoms with E-state index in [1.54, 1.807) is 12.3 Å². The van der Waals surface area contributed by atoms with Crippen LogP contribution in [0.4, 0.5) is 11.5 Å². The molecular weight excluding hydrogens is 402 g/mol. The second-order valence-corrected chi connectivity index (χ2v) is 8.07. The van der Waals surface area contributed by atoms with Crippen LogP contribution in [0.15, 0.2) is 54.7 Å². The van der Waals surface area contributed by atoms with Crippen LogP contribution in [0.3, 0.4) is 0 Å². The van der Waals surface area contributed by atoms with Gasteiger partial charge in [0.2, 0.25) is 5.91 Å². The molecule has 7 heteroatoms. The lowest BCUT2D eigenvalue weighted by atomic mass is 10.2. The van der Waals surface area contributed by atoms with Gasteiger partial charge in [-0.2, -0.15) is 0 Å². The number of hydrogen-bond donors (Lipinski definition) is 2. The summed E-state index contributed by atoms with van der Waals surface area (Å²) < 4.78 is 0. The summed E-state index contributed by atoms with van der Waals surface area (Å²) in [4.78, 5) is 23.5. The normalized spacial score (nSPS) is 15.9. The molecule has 172 valence electrons. The highest BCUT2D eigenvalue weighted by molar-refractivity contribution is 6.01. The molecule has 1 aliphatic rings. The molecule has 1 amide bonds. The van der Waals surface area contributed by atoms with Crippen LogP contribution in [-0.4, -0.2) is 84.3 Å². The monoisotopic (exact) mass is 437 g/mol. The van der Waals surface area contributed by atoms with Crippen molar-refractivity contribution in [3.63, 3.8) is 0 Å². The first-order chi connectivity index (χ1) is 15.6. The number of piperazine rings is 1. The van der Waals surface area contributed by atoms with Gasteiger partial charge in [-0.15, -0.1) is 0 Å². The fourth-order valence-electron chi connectivity index (χ4n) is 3.86. The molecule has 1 aromatic heterocycles. The summed E-state index contributed by atoms with van der Waals surface area (Å²) in [6.45, 7) is 11.2. The molecule has 0 radical (unpaired) electrons. The lowest BCUT2D eigenvalue weighted by molar-refractivity contribution is -0.111. The Morgan fingerprint density at radius 3 is 2.47 bits per heavy atom. The molecule has 0 saturated carbocycles. The fraction of sp³-hybridized carbons (Fsp3) is 0.440. The molecule has 3 rings (SSSR count). The molecule has 1 atom stereocenters. The van der Waals surface area contributed by atoms with E-state index in [1.165, 1.54) is 6.08 Å². The van der Waals surface area contributed by atoms with Gasteiger partial charge in [-0.05, 0) is 36.9 Å². The molecule has 2 heterocycles. The van der Waals surface area contributed by atoms with Crippen LogP contribution in [0, 0.1) is 0 Å². The number of likely N-dealkylation sites (N-methyl/N-ethyl adjacent to an activating group) is 1. The van der Waals surface area contributed by atoms with Crippen molar-refractivity contribution in [1.82, 2.24) is 14.8 Å². The van der Waals surface area contributed by atoms with Crippen LogP contribution in [0.1, 0.15) is 19.4 Å². The van der Waals surface area contributed by atoms with Gasteiger partial charge in [0.1, 0.15) is 5.82 Å². The Kier molecular flexibility index (Phi) is 9.22. The number of nitrogens with zero attached hydrogens (tertiary/aromatic N) is 4. The summed E-state index contributed by atoms with van der Waals surface area (Å²) >= 11 is 0. The molecule has 1 fully saturated rings. The number of carbonyl (C=O) groups is 1. The summed E-state index contributed by atoms with van der Waals surface area (Å²) in [5.74, 6) is 0.728. The number of anilines is 2. The van der Waals surface area contributed by atoms with Crippen LogP contribution < -0.4 is 10.2 Å². The average Bonchev–Trinajstić information content (AvgIpc) is 2.83. The summed E-state index contributed by atoms with van der Waals surface area (Å²) in [7, 11) is 0. The molecule has 7 nitrogen and oxygen atoms in total. The Bertz CT molecular complexity index is 844. The molecule has 0 aliphatic carbocycles.